The van der Waals surface area contributed by atoms with Crippen molar-refractivity contribution in [2.75, 3.05) is 13.2 Å². The van der Waals surface area contributed by atoms with Crippen LogP contribution in [0.25, 0.3) is 0 Å². The first-order chi connectivity index (χ1) is 12.0. The molecule has 0 fully saturated rings. The second kappa shape index (κ2) is 9.01. The number of hydrogen-bond acceptors (Lipinski definition) is 5. The average molecular weight is 364 g/mol. The van der Waals surface area contributed by atoms with Crippen LogP contribution in [0.4, 0.5) is 0 Å². The van der Waals surface area contributed by atoms with Gasteiger partial charge in [0.05, 0.1) is 0 Å². The number of carbonyl (C=O) groups is 2. The molecule has 132 valence electrons. The molecule has 0 aromatic heterocycles. The summed E-state index contributed by atoms with van der Waals surface area (Å²) in [5.41, 5.74) is 1.32. The van der Waals surface area contributed by atoms with E-state index < -0.39 is 34.0 Å². The van der Waals surface area contributed by atoms with Crippen LogP contribution in [0.3, 0.4) is 0 Å². The molecule has 2 aromatic rings. The van der Waals surface area contributed by atoms with Crippen molar-refractivity contribution in [1.82, 2.24) is 0 Å². The van der Waals surface area contributed by atoms with Crippen molar-refractivity contribution in [1.29, 1.82) is 0 Å². The Balaban J connectivity index is 2.08. The van der Waals surface area contributed by atoms with E-state index in [0.29, 0.717) is 11.5 Å². The predicted molar refractivity (Wildman–Crippen MR) is 90.7 cm³/mol. The molecule has 1 unspecified atom stereocenters. The third kappa shape index (κ3) is 5.74. The molecule has 0 heterocycles. The van der Waals surface area contributed by atoms with E-state index in [1.54, 1.807) is 48.5 Å². The highest BCUT2D eigenvalue weighted by Crippen LogP contribution is 2.37. The zero-order chi connectivity index (χ0) is 18.2. The normalized spacial score (nSPS) is 11.0. The highest BCUT2D eigenvalue weighted by atomic mass is 31.1. The Bertz CT molecular complexity index is 651. The van der Waals surface area contributed by atoms with Crippen molar-refractivity contribution >= 4 is 20.7 Å². The molecular formula is C17H17O7P. The molecule has 8 heteroatoms. The van der Waals surface area contributed by atoms with Crippen molar-refractivity contribution < 1.29 is 34.2 Å². The van der Waals surface area contributed by atoms with Gasteiger partial charge >= 0.3 is 11.9 Å². The lowest BCUT2D eigenvalue weighted by molar-refractivity contribution is -0.152. The van der Waals surface area contributed by atoms with Gasteiger partial charge in [-0.1, -0.05) is 33.1 Å². The Morgan fingerprint density at radius 1 is 0.840 bits per heavy atom. The molecular weight excluding hydrogens is 347 g/mol. The van der Waals surface area contributed by atoms with Gasteiger partial charge in [-0.2, -0.15) is 0 Å². The summed E-state index contributed by atoms with van der Waals surface area (Å²) in [7, 11) is -1.15. The second-order valence-corrected chi connectivity index (χ2v) is 6.06. The number of hydrogen-bond donors (Lipinski definition) is 2. The Labute approximate surface area is 145 Å². The Kier molecular flexibility index (Phi) is 6.74. The first kappa shape index (κ1) is 18.7. The standard InChI is InChI=1S/C17H17O7P/c18-15(19)9-23-13-5-1-11(2-6-13)17(25-22)12-3-7-14(8-4-12)24-10-16(20)21/h1-8,17H,9-10,25H2,(H,18,19)(H,20,21). The highest BCUT2D eigenvalue weighted by molar-refractivity contribution is 7.30. The summed E-state index contributed by atoms with van der Waals surface area (Å²) in [5.74, 6) is -1.28. The Morgan fingerprint density at radius 3 is 1.48 bits per heavy atom. The van der Waals surface area contributed by atoms with Gasteiger partial charge < -0.3 is 24.6 Å². The zero-order valence-electron chi connectivity index (χ0n) is 13.1. The van der Waals surface area contributed by atoms with Crippen LogP contribution in [0.2, 0.25) is 0 Å². The number of carboxylic acids is 2. The summed E-state index contributed by atoms with van der Waals surface area (Å²) >= 11 is 0. The van der Waals surface area contributed by atoms with E-state index in [9.17, 15) is 14.5 Å². The van der Waals surface area contributed by atoms with E-state index >= 15 is 0 Å². The fourth-order valence-corrected chi connectivity index (χ4v) is 2.94. The van der Waals surface area contributed by atoms with Gasteiger partial charge in [0.15, 0.2) is 13.2 Å². The van der Waals surface area contributed by atoms with E-state index in [0.717, 1.165) is 11.1 Å². The minimum Gasteiger partial charge on any atom is -0.682 e. The first-order valence-corrected chi connectivity index (χ1v) is 8.48. The van der Waals surface area contributed by atoms with Crippen LogP contribution in [-0.2, 0) is 9.59 Å². The molecule has 0 saturated heterocycles. The van der Waals surface area contributed by atoms with Gasteiger partial charge in [0.2, 0.25) is 0 Å². The number of ether oxygens (including phenoxy) is 2. The summed E-state index contributed by atoms with van der Waals surface area (Å²) < 4.78 is 10.1. The Hall–Kier alpha value is -2.63. The van der Waals surface area contributed by atoms with E-state index in [-0.39, 0.29) is 5.66 Å². The molecule has 0 bridgehead atoms. The van der Waals surface area contributed by atoms with Crippen molar-refractivity contribution in [3.8, 4) is 11.5 Å². The zero-order valence-corrected chi connectivity index (χ0v) is 14.3. The summed E-state index contributed by atoms with van der Waals surface area (Å²) in [6, 6.07) is 13.5. The molecule has 2 aromatic carbocycles. The molecule has 25 heavy (non-hydrogen) atoms. The van der Waals surface area contributed by atoms with Gasteiger partial charge in [-0.15, -0.1) is 0 Å². The average Bonchev–Trinajstić information content (AvgIpc) is 2.61. The van der Waals surface area contributed by atoms with Crippen LogP contribution in [0, 0.1) is 0 Å². The van der Waals surface area contributed by atoms with Crippen LogP contribution >= 0.6 is 8.81 Å². The maximum absolute atomic E-state index is 11.7. The van der Waals surface area contributed by atoms with Gasteiger partial charge in [-0.3, -0.25) is 0 Å². The summed E-state index contributed by atoms with van der Waals surface area (Å²) in [4.78, 5) is 32.7. The molecule has 0 aliphatic rings. The summed E-state index contributed by atoms with van der Waals surface area (Å²) in [6.07, 6.45) is 0. The van der Waals surface area contributed by atoms with Crippen LogP contribution in [0.15, 0.2) is 48.5 Å². The van der Waals surface area contributed by atoms with E-state index in [4.69, 9.17) is 19.7 Å². The fourth-order valence-electron chi connectivity index (χ4n) is 2.18. The molecule has 0 amide bonds. The van der Waals surface area contributed by atoms with Gasteiger partial charge in [-0.05, 0) is 35.4 Å². The van der Waals surface area contributed by atoms with Crippen LogP contribution < -0.4 is 14.4 Å². The van der Waals surface area contributed by atoms with Gasteiger partial charge in [0.25, 0.3) is 0 Å². The van der Waals surface area contributed by atoms with Gasteiger partial charge in [0.1, 0.15) is 17.2 Å². The number of aliphatic carboxylic acids is 2. The molecule has 0 aliphatic carbocycles. The summed E-state index contributed by atoms with van der Waals surface area (Å²) in [5, 5.41) is 17.2. The van der Waals surface area contributed by atoms with Crippen LogP contribution in [0.5, 0.6) is 11.5 Å². The lowest BCUT2D eigenvalue weighted by atomic mass is 10.0. The minimum atomic E-state index is -1.15. The smallest absolute Gasteiger partial charge is 0.341 e. The van der Waals surface area contributed by atoms with Crippen molar-refractivity contribution in [3.63, 3.8) is 0 Å². The second-order valence-electron chi connectivity index (χ2n) is 5.12. The van der Waals surface area contributed by atoms with E-state index in [2.05, 4.69) is 0 Å². The third-order valence-electron chi connectivity index (χ3n) is 3.34. The van der Waals surface area contributed by atoms with E-state index in [1.807, 2.05) is 0 Å². The molecule has 0 spiro atoms. The minimum absolute atomic E-state index is 0.304. The quantitative estimate of drug-likeness (QED) is 0.646. The molecule has 0 radical (unpaired) electrons. The van der Waals surface area contributed by atoms with Crippen molar-refractivity contribution in [2.24, 2.45) is 0 Å². The number of carboxylic acid groups (broad SMARTS) is 2. The molecule has 2 rings (SSSR count). The fraction of sp³-hybridized carbons (Fsp3) is 0.176. The topological polar surface area (TPSA) is 116 Å². The maximum Gasteiger partial charge on any atom is 0.341 e. The summed E-state index contributed by atoms with van der Waals surface area (Å²) in [6.45, 7) is -0.846. The lowest BCUT2D eigenvalue weighted by Gasteiger charge is -2.15. The maximum atomic E-state index is 11.7. The number of rotatable bonds is 9. The van der Waals surface area contributed by atoms with Gasteiger partial charge in [0, 0.05) is 0 Å². The van der Waals surface area contributed by atoms with Gasteiger partial charge in [-0.25, -0.2) is 9.59 Å². The van der Waals surface area contributed by atoms with Crippen LogP contribution in [-0.4, -0.2) is 35.4 Å². The van der Waals surface area contributed by atoms with Crippen molar-refractivity contribution in [3.05, 3.63) is 59.7 Å². The third-order valence-corrected chi connectivity index (χ3v) is 4.38. The van der Waals surface area contributed by atoms with Crippen molar-refractivity contribution in [2.45, 2.75) is 5.66 Å². The monoisotopic (exact) mass is 364 g/mol. The SMILES string of the molecule is O=C(O)COc1ccc(C([PH2+][O-])c2ccc(OCC(=O)O)cc2)cc1. The van der Waals surface area contributed by atoms with E-state index in [1.165, 1.54) is 0 Å². The molecule has 0 saturated carbocycles. The molecule has 7 nitrogen and oxygen atoms in total. The molecule has 2 N–H and O–H groups in total. The largest absolute Gasteiger partial charge is 0.682 e. The van der Waals surface area contributed by atoms with Crippen LogP contribution in [0.1, 0.15) is 16.8 Å². The lowest BCUT2D eigenvalue weighted by Crippen LogP contribution is -2.09. The molecule has 0 aliphatic heterocycles. The predicted octanol–water partition coefficient (Wildman–Crippen LogP) is 1.39. The molecule has 1 atom stereocenters. The Morgan fingerprint density at radius 2 is 1.20 bits per heavy atom. The first-order valence-electron chi connectivity index (χ1n) is 7.34. The number of benzene rings is 2. The highest BCUT2D eigenvalue weighted by Gasteiger charge is 2.15.